The molecule has 320 valence electrons. The molecule has 0 radical (unpaired) electrons. The molecule has 1 fully saturated rings. The molecule has 1 amide bonds. The number of fused-ring (bicyclic) bond motifs is 5. The van der Waals surface area contributed by atoms with Crippen LogP contribution in [0.5, 0.6) is 23.0 Å². The summed E-state index contributed by atoms with van der Waals surface area (Å²) >= 11 is 0. The Morgan fingerprint density at radius 3 is 2.23 bits per heavy atom. The summed E-state index contributed by atoms with van der Waals surface area (Å²) in [6.45, 7) is 5.10. The van der Waals surface area contributed by atoms with Crippen molar-refractivity contribution in [2.45, 2.75) is 82.6 Å². The molecule has 1 saturated heterocycles. The largest absolute Gasteiger partial charge is 0.493 e. The fraction of sp³-hybridized carbons (Fsp3) is 0.500. The molecule has 12 heteroatoms. The van der Waals surface area contributed by atoms with Gasteiger partial charge in [0.15, 0.2) is 34.2 Å². The van der Waals surface area contributed by atoms with Gasteiger partial charge in [-0.25, -0.2) is 0 Å². The maximum absolute atomic E-state index is 15.2. The van der Waals surface area contributed by atoms with E-state index in [2.05, 4.69) is 30.0 Å². The first-order chi connectivity index (χ1) is 29.3. The number of hydrogen-bond acceptors (Lipinski definition) is 11. The van der Waals surface area contributed by atoms with E-state index in [9.17, 15) is 9.90 Å². The van der Waals surface area contributed by atoms with Gasteiger partial charge >= 0.3 is 0 Å². The number of rotatable bonds is 14. The summed E-state index contributed by atoms with van der Waals surface area (Å²) in [7, 11) is 6.66. The van der Waals surface area contributed by atoms with Crippen molar-refractivity contribution in [3.05, 3.63) is 105 Å². The minimum absolute atomic E-state index is 0.0574. The first kappa shape index (κ1) is 41.7. The number of allylic oxidation sites excluding steroid dienone is 1. The van der Waals surface area contributed by atoms with Crippen molar-refractivity contribution in [3.63, 3.8) is 0 Å². The highest BCUT2D eigenvalue weighted by molar-refractivity contribution is 5.92. The second-order valence-corrected chi connectivity index (χ2v) is 16.5. The average Bonchev–Trinajstić information content (AvgIpc) is 3.29. The predicted molar refractivity (Wildman–Crippen MR) is 227 cm³/mol. The number of carbonyl (C=O) groups excluding carboxylic acids is 1. The van der Waals surface area contributed by atoms with E-state index in [1.807, 2.05) is 23.1 Å². The number of unbranched alkanes of at least 4 members (excludes halogenated alkanes) is 1. The minimum atomic E-state index is -0.779. The van der Waals surface area contributed by atoms with Crippen LogP contribution in [0.1, 0.15) is 91.3 Å². The number of carbonyl (C=O) groups is 1. The molecule has 0 unspecified atom stereocenters. The molecule has 1 aromatic heterocycles. The highest BCUT2D eigenvalue weighted by atomic mass is 16.7. The number of amides is 1. The third kappa shape index (κ3) is 8.09. The Labute approximate surface area is 351 Å². The number of methoxy groups -OCH3 is 4. The van der Waals surface area contributed by atoms with E-state index in [1.165, 1.54) is 17.4 Å². The molecule has 6 atom stereocenters. The summed E-state index contributed by atoms with van der Waals surface area (Å²) in [5, 5.41) is 9.88. The summed E-state index contributed by atoms with van der Waals surface area (Å²) in [5.41, 5.74) is 5.56. The lowest BCUT2D eigenvalue weighted by Gasteiger charge is -2.49. The molecule has 0 saturated carbocycles. The molecule has 4 aliphatic heterocycles. The van der Waals surface area contributed by atoms with E-state index in [0.29, 0.717) is 72.8 Å². The molecule has 3 aromatic carbocycles. The maximum Gasteiger partial charge on any atom is 0.289 e. The van der Waals surface area contributed by atoms with Gasteiger partial charge in [-0.15, -0.1) is 0 Å². The summed E-state index contributed by atoms with van der Waals surface area (Å²) in [6, 6.07) is 15.5. The molecule has 4 aliphatic rings. The van der Waals surface area contributed by atoms with Crippen molar-refractivity contribution in [1.29, 1.82) is 0 Å². The van der Waals surface area contributed by atoms with Gasteiger partial charge in [-0.1, -0.05) is 25.5 Å². The first-order valence-electron chi connectivity index (χ1n) is 21.4. The number of nitrogens with zero attached hydrogens (tertiary/aromatic N) is 2. The van der Waals surface area contributed by atoms with Crippen LogP contribution in [0.4, 0.5) is 0 Å². The number of benzene rings is 3. The van der Waals surface area contributed by atoms with E-state index in [0.717, 1.165) is 61.4 Å². The molecule has 0 aliphatic carbocycles. The monoisotopic (exact) mass is 822 g/mol. The summed E-state index contributed by atoms with van der Waals surface area (Å²) in [5.74, 6) is 2.90. The Morgan fingerprint density at radius 2 is 1.52 bits per heavy atom. The van der Waals surface area contributed by atoms with E-state index >= 15 is 4.79 Å². The van der Waals surface area contributed by atoms with Crippen molar-refractivity contribution in [2.24, 2.45) is 11.8 Å². The number of ether oxygens (including phenoxy) is 6. The van der Waals surface area contributed by atoms with Gasteiger partial charge in [0, 0.05) is 50.2 Å². The molecule has 12 nitrogen and oxygen atoms in total. The second-order valence-electron chi connectivity index (χ2n) is 16.5. The van der Waals surface area contributed by atoms with E-state index in [4.69, 9.17) is 32.8 Å². The van der Waals surface area contributed by atoms with Gasteiger partial charge in [0.1, 0.15) is 5.58 Å². The molecule has 0 bridgehead atoms. The van der Waals surface area contributed by atoms with Crippen LogP contribution in [0.3, 0.4) is 0 Å². The van der Waals surface area contributed by atoms with Crippen LogP contribution in [0.15, 0.2) is 75.8 Å². The zero-order chi connectivity index (χ0) is 41.9. The Hall–Kier alpha value is -5.04. The quantitative estimate of drug-likeness (QED) is 0.127. The molecule has 1 N–H and O–H groups in total. The molecule has 0 spiro atoms. The van der Waals surface area contributed by atoms with Gasteiger partial charge in [-0.2, -0.15) is 0 Å². The number of aliphatic hydroxyl groups is 1. The molecule has 60 heavy (non-hydrogen) atoms. The number of piperidine rings is 1. The average molecular weight is 823 g/mol. The Balaban J connectivity index is 1.16. The van der Waals surface area contributed by atoms with Crippen LogP contribution in [0.25, 0.3) is 11.0 Å². The molecular weight excluding hydrogens is 765 g/mol. The van der Waals surface area contributed by atoms with Gasteiger partial charge < -0.3 is 42.8 Å². The molecule has 5 heterocycles. The first-order valence-corrected chi connectivity index (χ1v) is 21.4. The van der Waals surface area contributed by atoms with Gasteiger partial charge in [-0.3, -0.25) is 14.5 Å². The van der Waals surface area contributed by atoms with Gasteiger partial charge in [-0.05, 0) is 115 Å². The van der Waals surface area contributed by atoms with E-state index in [-0.39, 0.29) is 41.7 Å². The number of aliphatic hydroxyl groups excluding tert-OH is 1. The molecular formula is C48H58N2O10. The SMILES string of the molecule is CC[C@H]1CN2CCc3cc(OC)c(OC)cc3[C@@H]2C[C@@H]1C[C@@H]1c2cc(OC)c(OC)cc2CCN1C(=O)C1=C[C@@H](c2coc3ccccc3c2=O)C[C@@H](OCCCCO)O1. The van der Waals surface area contributed by atoms with Crippen LogP contribution >= 0.6 is 0 Å². The lowest BCUT2D eigenvalue weighted by atomic mass is 9.72. The summed E-state index contributed by atoms with van der Waals surface area (Å²) < 4.78 is 41.7. The zero-order valence-corrected chi connectivity index (χ0v) is 35.4. The summed E-state index contributed by atoms with van der Waals surface area (Å²) in [6.07, 6.45) is 8.33. The third-order valence-electron chi connectivity index (χ3n) is 13.3. The number of para-hydroxylation sites is 1. The topological polar surface area (TPSA) is 129 Å². The fourth-order valence-electron chi connectivity index (χ4n) is 10.1. The van der Waals surface area contributed by atoms with Gasteiger partial charge in [0.25, 0.3) is 5.91 Å². The van der Waals surface area contributed by atoms with Crippen molar-refractivity contribution in [2.75, 3.05) is 61.3 Å². The fourth-order valence-corrected chi connectivity index (χ4v) is 10.1. The van der Waals surface area contributed by atoms with Crippen molar-refractivity contribution >= 4 is 16.9 Å². The summed E-state index contributed by atoms with van der Waals surface area (Å²) in [4.78, 5) is 33.7. The van der Waals surface area contributed by atoms with E-state index in [1.54, 1.807) is 46.6 Å². The van der Waals surface area contributed by atoms with Crippen molar-refractivity contribution in [1.82, 2.24) is 9.80 Å². The predicted octanol–water partition coefficient (Wildman–Crippen LogP) is 7.49. The second kappa shape index (κ2) is 18.3. The Bertz CT molecular complexity index is 2270. The van der Waals surface area contributed by atoms with Crippen LogP contribution in [0, 0.1) is 11.8 Å². The van der Waals surface area contributed by atoms with Crippen molar-refractivity contribution < 1.29 is 42.7 Å². The van der Waals surface area contributed by atoms with Crippen molar-refractivity contribution in [3.8, 4) is 23.0 Å². The van der Waals surface area contributed by atoms with Crippen LogP contribution < -0.4 is 24.4 Å². The molecule has 4 aromatic rings. The third-order valence-corrected chi connectivity index (χ3v) is 13.3. The lowest BCUT2D eigenvalue weighted by molar-refractivity contribution is -0.155. The Morgan fingerprint density at radius 1 is 0.833 bits per heavy atom. The van der Waals surface area contributed by atoms with Gasteiger partial charge in [0.05, 0.1) is 52.7 Å². The number of hydrogen-bond donors (Lipinski definition) is 1. The van der Waals surface area contributed by atoms with Crippen LogP contribution in [-0.4, -0.2) is 88.4 Å². The standard InChI is InChI=1S/C48H58N2O10/c1-6-29-27-49-15-13-30-21-41(54-2)43(56-4)25-35(30)38(49)19-32(29)20-39-36-26-44(57-5)42(55-3)22-31(36)14-16-50(39)48(53)45-23-33(24-46(60-45)58-18-10-9-17-51)37-28-59-40-12-8-7-11-34(40)47(37)52/h7-8,11-12,21-23,25-26,28-29,32-33,38-39,46,51H,6,9-10,13-20,24,27H2,1-5H3/t29-,32+,33+,38-,39+,46-/m0/s1. The Kier molecular flexibility index (Phi) is 12.7. The molecule has 8 rings (SSSR count). The maximum atomic E-state index is 15.2. The highest BCUT2D eigenvalue weighted by Crippen LogP contribution is 2.50. The van der Waals surface area contributed by atoms with Crippen LogP contribution in [0.2, 0.25) is 0 Å². The minimum Gasteiger partial charge on any atom is -0.493 e. The highest BCUT2D eigenvalue weighted by Gasteiger charge is 2.43. The van der Waals surface area contributed by atoms with E-state index < -0.39 is 12.2 Å². The smallest absolute Gasteiger partial charge is 0.289 e. The lowest BCUT2D eigenvalue weighted by Crippen LogP contribution is -2.48. The van der Waals surface area contributed by atoms with Crippen LogP contribution in [-0.2, 0) is 27.1 Å². The normalized spacial score (nSPS) is 23.8. The van der Waals surface area contributed by atoms with Gasteiger partial charge in [0.2, 0.25) is 6.29 Å². The zero-order valence-electron chi connectivity index (χ0n) is 35.4.